The van der Waals surface area contributed by atoms with Crippen LogP contribution in [0.4, 0.5) is 0 Å². The molecule has 3 heterocycles. The number of nitrogens with zero attached hydrogens (tertiary/aromatic N) is 4. The summed E-state index contributed by atoms with van der Waals surface area (Å²) in [6.45, 7) is 1.49. The molecule has 3 rings (SSSR count). The average Bonchev–Trinajstić information content (AvgIpc) is 3.35. The molecule has 10 nitrogen and oxygen atoms in total. The van der Waals surface area contributed by atoms with Crippen molar-refractivity contribution in [3.63, 3.8) is 0 Å². The summed E-state index contributed by atoms with van der Waals surface area (Å²) in [5.74, 6) is -0.347. The highest BCUT2D eigenvalue weighted by Gasteiger charge is 2.26. The molecule has 0 aliphatic carbocycles. The number of carbonyl (C=O) groups is 3. The molecule has 144 valence electrons. The Labute approximate surface area is 155 Å². The lowest BCUT2D eigenvalue weighted by Gasteiger charge is -2.34. The summed E-state index contributed by atoms with van der Waals surface area (Å²) in [7, 11) is 3.10. The minimum atomic E-state index is -0.431. The maximum atomic E-state index is 12.3. The highest BCUT2D eigenvalue weighted by Crippen LogP contribution is 2.14. The SMILES string of the molecule is COc1nn(C)cc1C(=O)NCC(=O)N1CCN(C(=O)c2ccco2)CC1. The Kier molecular flexibility index (Phi) is 5.43. The fraction of sp³-hybridized carbons (Fsp3) is 0.412. The Morgan fingerprint density at radius 2 is 1.93 bits per heavy atom. The monoisotopic (exact) mass is 375 g/mol. The summed E-state index contributed by atoms with van der Waals surface area (Å²) in [4.78, 5) is 40.0. The van der Waals surface area contributed by atoms with E-state index in [1.807, 2.05) is 0 Å². The van der Waals surface area contributed by atoms with E-state index in [-0.39, 0.29) is 35.6 Å². The molecule has 0 bridgehead atoms. The zero-order chi connectivity index (χ0) is 19.4. The molecule has 0 atom stereocenters. The normalized spacial score (nSPS) is 14.1. The minimum absolute atomic E-state index is 0.136. The second kappa shape index (κ2) is 7.94. The number of amides is 3. The molecule has 2 aromatic heterocycles. The summed E-state index contributed by atoms with van der Waals surface area (Å²) in [6, 6.07) is 3.27. The number of rotatable bonds is 5. The van der Waals surface area contributed by atoms with E-state index >= 15 is 0 Å². The first-order valence-corrected chi connectivity index (χ1v) is 8.46. The van der Waals surface area contributed by atoms with Gasteiger partial charge in [0.25, 0.3) is 11.8 Å². The van der Waals surface area contributed by atoms with E-state index in [4.69, 9.17) is 9.15 Å². The van der Waals surface area contributed by atoms with Gasteiger partial charge in [-0.3, -0.25) is 19.1 Å². The fourth-order valence-corrected chi connectivity index (χ4v) is 2.85. The Morgan fingerprint density at radius 3 is 2.56 bits per heavy atom. The lowest BCUT2D eigenvalue weighted by molar-refractivity contribution is -0.131. The summed E-state index contributed by atoms with van der Waals surface area (Å²) >= 11 is 0. The van der Waals surface area contributed by atoms with E-state index in [0.717, 1.165) is 0 Å². The molecule has 0 unspecified atom stereocenters. The molecule has 0 radical (unpaired) electrons. The van der Waals surface area contributed by atoms with E-state index in [1.54, 1.807) is 29.0 Å². The number of nitrogens with one attached hydrogen (secondary N) is 1. The van der Waals surface area contributed by atoms with Gasteiger partial charge < -0.3 is 24.3 Å². The molecule has 27 heavy (non-hydrogen) atoms. The summed E-state index contributed by atoms with van der Waals surface area (Å²) < 4.78 is 11.6. The zero-order valence-corrected chi connectivity index (χ0v) is 15.2. The van der Waals surface area contributed by atoms with Gasteiger partial charge in [0, 0.05) is 39.4 Å². The van der Waals surface area contributed by atoms with Crippen LogP contribution in [0.5, 0.6) is 5.88 Å². The lowest BCUT2D eigenvalue weighted by Crippen LogP contribution is -2.52. The van der Waals surface area contributed by atoms with Gasteiger partial charge in [0.1, 0.15) is 5.56 Å². The van der Waals surface area contributed by atoms with E-state index in [0.29, 0.717) is 26.2 Å². The molecular weight excluding hydrogens is 354 g/mol. The lowest BCUT2D eigenvalue weighted by atomic mass is 10.2. The van der Waals surface area contributed by atoms with Gasteiger partial charge in [0.2, 0.25) is 11.8 Å². The van der Waals surface area contributed by atoms with Crippen molar-refractivity contribution < 1.29 is 23.5 Å². The third-order valence-corrected chi connectivity index (χ3v) is 4.28. The van der Waals surface area contributed by atoms with Crippen LogP contribution in [0.2, 0.25) is 0 Å². The second-order valence-corrected chi connectivity index (χ2v) is 6.06. The van der Waals surface area contributed by atoms with Crippen LogP contribution in [0, 0.1) is 0 Å². The van der Waals surface area contributed by atoms with E-state index in [9.17, 15) is 14.4 Å². The molecule has 10 heteroatoms. The third-order valence-electron chi connectivity index (χ3n) is 4.28. The number of furan rings is 1. The first-order valence-electron chi connectivity index (χ1n) is 8.46. The van der Waals surface area contributed by atoms with Gasteiger partial charge in [-0.05, 0) is 12.1 Å². The largest absolute Gasteiger partial charge is 0.479 e. The number of ether oxygens (including phenoxy) is 1. The van der Waals surface area contributed by atoms with Crippen LogP contribution in [0.25, 0.3) is 0 Å². The number of hydrogen-bond acceptors (Lipinski definition) is 6. The highest BCUT2D eigenvalue weighted by atomic mass is 16.5. The number of aryl methyl sites for hydroxylation is 1. The predicted octanol–water partition coefficient (Wildman–Crippen LogP) is -0.264. The fourth-order valence-electron chi connectivity index (χ4n) is 2.85. The number of carbonyl (C=O) groups excluding carboxylic acids is 3. The summed E-state index contributed by atoms with van der Waals surface area (Å²) in [5.41, 5.74) is 0.265. The van der Waals surface area contributed by atoms with Crippen molar-refractivity contribution in [1.29, 1.82) is 0 Å². The molecule has 1 aliphatic heterocycles. The van der Waals surface area contributed by atoms with Crippen molar-refractivity contribution in [2.24, 2.45) is 7.05 Å². The standard InChI is InChI=1S/C17H21N5O5/c1-20-11-12(16(19-20)26-2)15(24)18-10-14(23)21-5-7-22(8-6-21)17(25)13-4-3-9-27-13/h3-4,9,11H,5-8,10H2,1-2H3,(H,18,24). The van der Waals surface area contributed by atoms with Crippen LogP contribution in [0.1, 0.15) is 20.9 Å². The molecular formula is C17H21N5O5. The quantitative estimate of drug-likeness (QED) is 0.771. The van der Waals surface area contributed by atoms with Crippen molar-refractivity contribution in [3.8, 4) is 5.88 Å². The van der Waals surface area contributed by atoms with Crippen LogP contribution >= 0.6 is 0 Å². The average molecular weight is 375 g/mol. The molecule has 2 aromatic rings. The Bertz CT molecular complexity index is 821. The maximum Gasteiger partial charge on any atom is 0.289 e. The first-order chi connectivity index (χ1) is 13.0. The number of aromatic nitrogens is 2. The van der Waals surface area contributed by atoms with Crippen LogP contribution in [-0.2, 0) is 11.8 Å². The van der Waals surface area contributed by atoms with Gasteiger partial charge in [-0.15, -0.1) is 5.10 Å². The van der Waals surface area contributed by atoms with Crippen molar-refractivity contribution in [1.82, 2.24) is 24.9 Å². The van der Waals surface area contributed by atoms with Gasteiger partial charge in [0.15, 0.2) is 5.76 Å². The van der Waals surface area contributed by atoms with Gasteiger partial charge >= 0.3 is 0 Å². The number of hydrogen-bond donors (Lipinski definition) is 1. The van der Waals surface area contributed by atoms with Crippen molar-refractivity contribution in [2.75, 3.05) is 39.8 Å². The third kappa shape index (κ3) is 4.10. The van der Waals surface area contributed by atoms with Gasteiger partial charge in [-0.25, -0.2) is 0 Å². The molecule has 0 spiro atoms. The maximum absolute atomic E-state index is 12.3. The molecule has 1 fully saturated rings. The Morgan fingerprint density at radius 1 is 1.22 bits per heavy atom. The summed E-state index contributed by atoms with van der Waals surface area (Å²) in [6.07, 6.45) is 2.98. The van der Waals surface area contributed by atoms with Gasteiger partial charge in [-0.2, -0.15) is 0 Å². The number of piperazine rings is 1. The topological polar surface area (TPSA) is 110 Å². The predicted molar refractivity (Wildman–Crippen MR) is 93.3 cm³/mol. The highest BCUT2D eigenvalue weighted by molar-refractivity contribution is 5.98. The smallest absolute Gasteiger partial charge is 0.289 e. The second-order valence-electron chi connectivity index (χ2n) is 6.06. The molecule has 1 aliphatic rings. The summed E-state index contributed by atoms with van der Waals surface area (Å²) in [5, 5.41) is 6.59. The van der Waals surface area contributed by atoms with E-state index in [2.05, 4.69) is 10.4 Å². The van der Waals surface area contributed by atoms with Gasteiger partial charge in [-0.1, -0.05) is 0 Å². The van der Waals surface area contributed by atoms with Crippen molar-refractivity contribution in [2.45, 2.75) is 0 Å². The van der Waals surface area contributed by atoms with Crippen LogP contribution in [0.15, 0.2) is 29.0 Å². The van der Waals surface area contributed by atoms with E-state index < -0.39 is 5.91 Å². The van der Waals surface area contributed by atoms with E-state index in [1.165, 1.54) is 24.3 Å². The molecule has 3 amide bonds. The molecule has 1 N–H and O–H groups in total. The van der Waals surface area contributed by atoms with Crippen molar-refractivity contribution in [3.05, 3.63) is 35.9 Å². The Hall–Kier alpha value is -3.30. The van der Waals surface area contributed by atoms with Gasteiger partial charge in [0.05, 0.1) is 19.9 Å². The first kappa shape index (κ1) is 18.5. The van der Waals surface area contributed by atoms with Crippen LogP contribution < -0.4 is 10.1 Å². The molecule has 1 saturated heterocycles. The van der Waals surface area contributed by atoms with Crippen LogP contribution in [0.3, 0.4) is 0 Å². The zero-order valence-electron chi connectivity index (χ0n) is 15.2. The minimum Gasteiger partial charge on any atom is -0.479 e. The molecule has 0 saturated carbocycles. The Balaban J connectivity index is 1.48. The molecule has 0 aromatic carbocycles. The van der Waals surface area contributed by atoms with Crippen LogP contribution in [-0.4, -0.2) is 77.1 Å². The van der Waals surface area contributed by atoms with Crippen molar-refractivity contribution >= 4 is 17.7 Å². The number of methoxy groups -OCH3 is 1.